The Bertz CT molecular complexity index is 184. The van der Waals surface area contributed by atoms with Crippen molar-refractivity contribution in [3.8, 4) is 0 Å². The summed E-state index contributed by atoms with van der Waals surface area (Å²) >= 11 is 0. The van der Waals surface area contributed by atoms with Gasteiger partial charge < -0.3 is 0 Å². The van der Waals surface area contributed by atoms with Gasteiger partial charge in [0.15, 0.2) is 0 Å². The molecule has 0 heterocycles. The topological polar surface area (TPSA) is 0 Å². The highest BCUT2D eigenvalue weighted by molar-refractivity contribution is 5.08. The van der Waals surface area contributed by atoms with Crippen LogP contribution in [-0.4, -0.2) is 0 Å². The molecule has 0 radical (unpaired) electrons. The van der Waals surface area contributed by atoms with Crippen molar-refractivity contribution in [1.82, 2.24) is 0 Å². The van der Waals surface area contributed by atoms with Gasteiger partial charge in [-0.2, -0.15) is 0 Å². The third-order valence-corrected chi connectivity index (χ3v) is 4.11. The summed E-state index contributed by atoms with van der Waals surface area (Å²) in [4.78, 5) is 0. The van der Waals surface area contributed by atoms with E-state index in [-0.39, 0.29) is 0 Å². The Hall–Kier alpha value is -0.260. The Kier molecular flexibility index (Phi) is 2.38. The molecule has 0 fully saturated rings. The fourth-order valence-corrected chi connectivity index (χ4v) is 2.18. The quantitative estimate of drug-likeness (QED) is 0.516. The predicted molar refractivity (Wildman–Crippen MR) is 55.1 cm³/mol. The summed E-state index contributed by atoms with van der Waals surface area (Å²) in [6.07, 6.45) is 7.27. The van der Waals surface area contributed by atoms with E-state index < -0.39 is 0 Å². The molecule has 0 bridgehead atoms. The normalized spacial score (nSPS) is 31.9. The molecule has 1 aliphatic rings. The zero-order valence-electron chi connectivity index (χ0n) is 9.15. The maximum Gasteiger partial charge on any atom is -0.0180 e. The lowest BCUT2D eigenvalue weighted by Crippen LogP contribution is -2.40. The van der Waals surface area contributed by atoms with Crippen molar-refractivity contribution in [1.29, 1.82) is 0 Å². The fourth-order valence-electron chi connectivity index (χ4n) is 2.18. The van der Waals surface area contributed by atoms with Crippen molar-refractivity contribution in [2.75, 3.05) is 0 Å². The number of hydrogen-bond donors (Lipinski definition) is 0. The first-order valence-corrected chi connectivity index (χ1v) is 5.08. The zero-order valence-corrected chi connectivity index (χ0v) is 9.15. The molecular weight excluding hydrogens is 144 g/mol. The van der Waals surface area contributed by atoms with Gasteiger partial charge in [-0.1, -0.05) is 46.8 Å². The van der Waals surface area contributed by atoms with Gasteiger partial charge in [-0.3, -0.25) is 0 Å². The van der Waals surface area contributed by atoms with Gasteiger partial charge in [-0.25, -0.2) is 0 Å². The number of hydrogen-bond acceptors (Lipinski definition) is 0. The van der Waals surface area contributed by atoms with Crippen LogP contribution in [0, 0.1) is 16.7 Å². The Labute approximate surface area is 77.1 Å². The summed E-state index contributed by atoms with van der Waals surface area (Å²) in [5.41, 5.74) is 0.916. The van der Waals surface area contributed by atoms with Crippen molar-refractivity contribution in [3.63, 3.8) is 0 Å². The highest BCUT2D eigenvalue weighted by Gasteiger charge is 2.42. The molecule has 0 aromatic heterocycles. The van der Waals surface area contributed by atoms with E-state index in [0.29, 0.717) is 10.8 Å². The molecule has 1 unspecified atom stereocenters. The molecule has 0 N–H and O–H groups in total. The van der Waals surface area contributed by atoms with Gasteiger partial charge in [-0.05, 0) is 29.6 Å². The van der Waals surface area contributed by atoms with Crippen LogP contribution < -0.4 is 0 Å². The van der Waals surface area contributed by atoms with Crippen molar-refractivity contribution < 1.29 is 0 Å². The second-order valence-corrected chi connectivity index (χ2v) is 5.25. The Balaban J connectivity index is 2.94. The summed E-state index contributed by atoms with van der Waals surface area (Å²) in [5, 5.41) is 0. The minimum absolute atomic E-state index is 0.455. The molecular formula is C12H22. The van der Waals surface area contributed by atoms with Gasteiger partial charge in [0, 0.05) is 0 Å². The predicted octanol–water partition coefficient (Wildman–Crippen LogP) is 4.02. The summed E-state index contributed by atoms with van der Waals surface area (Å²) in [7, 11) is 0. The molecule has 70 valence electrons. The molecule has 0 saturated carbocycles. The average Bonchev–Trinajstić information content (AvgIpc) is 1.95. The lowest BCUT2D eigenvalue weighted by atomic mass is 9.57. The van der Waals surface area contributed by atoms with Crippen molar-refractivity contribution in [2.45, 2.75) is 47.5 Å². The van der Waals surface area contributed by atoms with Gasteiger partial charge in [-0.15, -0.1) is 0 Å². The van der Waals surface area contributed by atoms with Gasteiger partial charge in [0.05, 0.1) is 0 Å². The van der Waals surface area contributed by atoms with E-state index in [1.807, 2.05) is 0 Å². The zero-order chi connectivity index (χ0) is 9.41. The first-order chi connectivity index (χ1) is 5.42. The highest BCUT2D eigenvalue weighted by atomic mass is 14.5. The van der Waals surface area contributed by atoms with Crippen LogP contribution in [0.1, 0.15) is 47.5 Å². The molecule has 0 aliphatic heterocycles. The van der Waals surface area contributed by atoms with E-state index in [1.54, 1.807) is 0 Å². The molecule has 0 amide bonds. The number of allylic oxidation sites excluding steroid dienone is 2. The lowest BCUT2D eigenvalue weighted by Gasteiger charge is -2.48. The third kappa shape index (κ3) is 1.32. The summed E-state index contributed by atoms with van der Waals surface area (Å²) in [5.74, 6) is 0.765. The SMILES string of the molecule is CCC1C=CCC(C)(C)C1(C)C. The van der Waals surface area contributed by atoms with E-state index in [9.17, 15) is 0 Å². The first-order valence-electron chi connectivity index (χ1n) is 5.08. The highest BCUT2D eigenvalue weighted by Crippen LogP contribution is 2.51. The molecule has 1 atom stereocenters. The van der Waals surface area contributed by atoms with E-state index in [1.165, 1.54) is 12.8 Å². The van der Waals surface area contributed by atoms with Crippen molar-refractivity contribution in [2.24, 2.45) is 16.7 Å². The van der Waals surface area contributed by atoms with E-state index in [0.717, 1.165) is 5.92 Å². The molecule has 0 spiro atoms. The second kappa shape index (κ2) is 2.90. The second-order valence-electron chi connectivity index (χ2n) is 5.25. The van der Waals surface area contributed by atoms with Gasteiger partial charge in [0.2, 0.25) is 0 Å². The van der Waals surface area contributed by atoms with Crippen LogP contribution >= 0.6 is 0 Å². The van der Waals surface area contributed by atoms with Crippen LogP contribution in [0.25, 0.3) is 0 Å². The van der Waals surface area contributed by atoms with E-state index in [2.05, 4.69) is 46.8 Å². The summed E-state index contributed by atoms with van der Waals surface area (Å²) < 4.78 is 0. The minimum Gasteiger partial charge on any atom is -0.0877 e. The number of rotatable bonds is 1. The standard InChI is InChI=1S/C12H22/c1-6-10-8-7-9-11(2,3)12(10,4)5/h7-8,10H,6,9H2,1-5H3. The third-order valence-electron chi connectivity index (χ3n) is 4.11. The van der Waals surface area contributed by atoms with E-state index in [4.69, 9.17) is 0 Å². The molecule has 12 heavy (non-hydrogen) atoms. The van der Waals surface area contributed by atoms with Gasteiger partial charge in [0.1, 0.15) is 0 Å². The largest absolute Gasteiger partial charge is 0.0877 e. The molecule has 0 aromatic carbocycles. The van der Waals surface area contributed by atoms with E-state index >= 15 is 0 Å². The van der Waals surface area contributed by atoms with Crippen LogP contribution in [-0.2, 0) is 0 Å². The molecule has 0 nitrogen and oxygen atoms in total. The molecule has 0 aromatic rings. The van der Waals surface area contributed by atoms with Crippen molar-refractivity contribution in [3.05, 3.63) is 12.2 Å². The minimum atomic E-state index is 0.455. The Morgan fingerprint density at radius 3 is 2.25 bits per heavy atom. The lowest BCUT2D eigenvalue weighted by molar-refractivity contribution is 0.0512. The van der Waals surface area contributed by atoms with Crippen LogP contribution in [0.3, 0.4) is 0 Å². The van der Waals surface area contributed by atoms with Gasteiger partial charge >= 0.3 is 0 Å². The monoisotopic (exact) mass is 166 g/mol. The molecule has 0 heteroatoms. The maximum atomic E-state index is 2.41. The van der Waals surface area contributed by atoms with Gasteiger partial charge in [0.25, 0.3) is 0 Å². The van der Waals surface area contributed by atoms with Crippen LogP contribution in [0.15, 0.2) is 12.2 Å². The Morgan fingerprint density at radius 2 is 1.83 bits per heavy atom. The van der Waals surface area contributed by atoms with Crippen molar-refractivity contribution >= 4 is 0 Å². The fraction of sp³-hybridized carbons (Fsp3) is 0.833. The molecule has 1 aliphatic carbocycles. The first kappa shape index (κ1) is 9.83. The molecule has 1 rings (SSSR count). The summed E-state index contributed by atoms with van der Waals surface area (Å²) in [6, 6.07) is 0. The smallest absolute Gasteiger partial charge is 0.0180 e. The molecule has 0 saturated heterocycles. The van der Waals surface area contributed by atoms with Crippen LogP contribution in [0.5, 0.6) is 0 Å². The average molecular weight is 166 g/mol. The maximum absolute atomic E-state index is 2.41. The van der Waals surface area contributed by atoms with Crippen LogP contribution in [0.2, 0.25) is 0 Å². The van der Waals surface area contributed by atoms with Crippen LogP contribution in [0.4, 0.5) is 0 Å². The summed E-state index contributed by atoms with van der Waals surface area (Å²) in [6.45, 7) is 11.9. The Morgan fingerprint density at radius 1 is 1.25 bits per heavy atom.